The highest BCUT2D eigenvalue weighted by atomic mass is 16.5. The topological polar surface area (TPSA) is 64.6 Å². The van der Waals surface area contributed by atoms with Gasteiger partial charge in [-0.15, -0.1) is 0 Å². The van der Waals surface area contributed by atoms with Crippen LogP contribution in [0.25, 0.3) is 0 Å². The zero-order valence-electron chi connectivity index (χ0n) is 11.4. The average molecular weight is 265 g/mol. The van der Waals surface area contributed by atoms with E-state index < -0.39 is 6.10 Å². The van der Waals surface area contributed by atoms with Crippen molar-refractivity contribution in [2.24, 2.45) is 0 Å². The van der Waals surface area contributed by atoms with Gasteiger partial charge in [0.05, 0.1) is 6.54 Å². The molecule has 5 heteroatoms. The molecule has 0 unspecified atom stereocenters. The summed E-state index contributed by atoms with van der Waals surface area (Å²) in [6.45, 7) is 3.30. The summed E-state index contributed by atoms with van der Waals surface area (Å²) in [5.74, 6) is -0.624. The summed E-state index contributed by atoms with van der Waals surface area (Å²) in [5, 5.41) is 2.70. The summed E-state index contributed by atoms with van der Waals surface area (Å²) in [5.41, 5.74) is 0.780. The normalized spacial score (nSPS) is 13.4. The average Bonchev–Trinajstić information content (AvgIpc) is 2.38. The van der Waals surface area contributed by atoms with Gasteiger partial charge in [0.2, 0.25) is 0 Å². The van der Waals surface area contributed by atoms with Crippen LogP contribution in [0, 0.1) is 0 Å². The molecule has 0 aliphatic carbocycles. The van der Waals surface area contributed by atoms with Gasteiger partial charge in [-0.25, -0.2) is 0 Å². The Kier molecular flexibility index (Phi) is 6.02. The molecule has 1 aromatic carbocycles. The van der Waals surface area contributed by atoms with Crippen molar-refractivity contribution in [1.82, 2.24) is 5.32 Å². The standard InChI is InChI=1S/C14H19NO4/c1-10(19-11(2)16)9-15-14(17)13(18-3)12-7-5-4-6-8-12/h4-8,10,13H,9H2,1-3H3,(H,15,17)/t10-,13-/m0/s1. The molecule has 104 valence electrons. The molecule has 1 aromatic rings. The third-order valence-electron chi connectivity index (χ3n) is 2.51. The van der Waals surface area contributed by atoms with E-state index in [0.717, 1.165) is 5.56 Å². The smallest absolute Gasteiger partial charge is 0.302 e. The SMILES string of the molecule is CO[C@H](C(=O)NC[C@H](C)OC(C)=O)c1ccccc1. The van der Waals surface area contributed by atoms with Gasteiger partial charge in [-0.05, 0) is 12.5 Å². The fraction of sp³-hybridized carbons (Fsp3) is 0.429. The minimum absolute atomic E-state index is 0.255. The van der Waals surface area contributed by atoms with Crippen LogP contribution in [0.15, 0.2) is 30.3 Å². The molecule has 2 atom stereocenters. The van der Waals surface area contributed by atoms with Gasteiger partial charge in [0.25, 0.3) is 5.91 Å². The lowest BCUT2D eigenvalue weighted by molar-refractivity contribution is -0.146. The van der Waals surface area contributed by atoms with E-state index in [1.165, 1.54) is 14.0 Å². The molecule has 0 aliphatic rings. The van der Waals surface area contributed by atoms with Gasteiger partial charge in [0.15, 0.2) is 6.10 Å². The molecular formula is C14H19NO4. The summed E-state index contributed by atoms with van der Waals surface area (Å²) in [6.07, 6.45) is -1.03. The molecule has 0 spiro atoms. The fourth-order valence-electron chi connectivity index (χ4n) is 1.68. The summed E-state index contributed by atoms with van der Waals surface area (Å²) in [4.78, 5) is 22.7. The predicted octanol–water partition coefficient (Wildman–Crippen LogP) is 1.44. The number of hydrogen-bond acceptors (Lipinski definition) is 4. The second-order valence-corrected chi connectivity index (χ2v) is 4.19. The third kappa shape index (κ3) is 5.09. The Hall–Kier alpha value is -1.88. The first-order valence-electron chi connectivity index (χ1n) is 6.07. The Morgan fingerprint density at radius 3 is 2.42 bits per heavy atom. The molecule has 0 radical (unpaired) electrons. The molecule has 5 nitrogen and oxygen atoms in total. The molecule has 1 N–H and O–H groups in total. The fourth-order valence-corrected chi connectivity index (χ4v) is 1.68. The zero-order chi connectivity index (χ0) is 14.3. The van der Waals surface area contributed by atoms with Crippen molar-refractivity contribution in [1.29, 1.82) is 0 Å². The monoisotopic (exact) mass is 265 g/mol. The van der Waals surface area contributed by atoms with Gasteiger partial charge in [0, 0.05) is 14.0 Å². The molecule has 0 bridgehead atoms. The molecule has 0 saturated heterocycles. The molecule has 0 heterocycles. The molecule has 0 aliphatic heterocycles. The maximum Gasteiger partial charge on any atom is 0.302 e. The van der Waals surface area contributed by atoms with Gasteiger partial charge >= 0.3 is 5.97 Å². The highest BCUT2D eigenvalue weighted by Crippen LogP contribution is 2.15. The van der Waals surface area contributed by atoms with E-state index in [1.54, 1.807) is 6.92 Å². The van der Waals surface area contributed by atoms with E-state index in [9.17, 15) is 9.59 Å². The molecular weight excluding hydrogens is 246 g/mol. The number of ether oxygens (including phenoxy) is 2. The molecule has 19 heavy (non-hydrogen) atoms. The first-order chi connectivity index (χ1) is 9.04. The predicted molar refractivity (Wildman–Crippen MR) is 70.4 cm³/mol. The molecule has 0 fully saturated rings. The number of carbonyl (C=O) groups is 2. The van der Waals surface area contributed by atoms with Crippen molar-refractivity contribution in [3.8, 4) is 0 Å². The van der Waals surface area contributed by atoms with Crippen molar-refractivity contribution < 1.29 is 19.1 Å². The van der Waals surface area contributed by atoms with E-state index >= 15 is 0 Å². The van der Waals surface area contributed by atoms with E-state index in [-0.39, 0.29) is 24.5 Å². The number of rotatable bonds is 6. The van der Waals surface area contributed by atoms with Crippen LogP contribution in [-0.2, 0) is 19.1 Å². The van der Waals surface area contributed by atoms with E-state index in [0.29, 0.717) is 0 Å². The summed E-state index contributed by atoms with van der Waals surface area (Å²) >= 11 is 0. The quantitative estimate of drug-likeness (QED) is 0.790. The highest BCUT2D eigenvalue weighted by molar-refractivity contribution is 5.82. The van der Waals surface area contributed by atoms with Crippen LogP contribution in [0.3, 0.4) is 0 Å². The maximum absolute atomic E-state index is 12.0. The van der Waals surface area contributed by atoms with Crippen LogP contribution in [0.5, 0.6) is 0 Å². The largest absolute Gasteiger partial charge is 0.461 e. The van der Waals surface area contributed by atoms with Crippen molar-refractivity contribution in [3.05, 3.63) is 35.9 Å². The van der Waals surface area contributed by atoms with Gasteiger partial charge in [-0.1, -0.05) is 30.3 Å². The Balaban J connectivity index is 2.54. The summed E-state index contributed by atoms with van der Waals surface area (Å²) < 4.78 is 10.1. The number of esters is 1. The van der Waals surface area contributed by atoms with E-state index in [4.69, 9.17) is 9.47 Å². The van der Waals surface area contributed by atoms with Crippen LogP contribution < -0.4 is 5.32 Å². The highest BCUT2D eigenvalue weighted by Gasteiger charge is 2.20. The van der Waals surface area contributed by atoms with Crippen molar-refractivity contribution in [2.75, 3.05) is 13.7 Å². The second-order valence-electron chi connectivity index (χ2n) is 4.19. The molecule has 0 saturated carbocycles. The number of carbonyl (C=O) groups excluding carboxylic acids is 2. The van der Waals surface area contributed by atoms with Crippen LogP contribution >= 0.6 is 0 Å². The Morgan fingerprint density at radius 2 is 1.89 bits per heavy atom. The summed E-state index contributed by atoms with van der Waals surface area (Å²) in [6, 6.07) is 9.20. The number of amides is 1. The Bertz CT molecular complexity index is 419. The van der Waals surface area contributed by atoms with E-state index in [1.807, 2.05) is 30.3 Å². The molecule has 1 rings (SSSR count). The van der Waals surface area contributed by atoms with Crippen LogP contribution in [0.2, 0.25) is 0 Å². The number of hydrogen-bond donors (Lipinski definition) is 1. The lowest BCUT2D eigenvalue weighted by atomic mass is 10.1. The lowest BCUT2D eigenvalue weighted by Gasteiger charge is -2.18. The van der Waals surface area contributed by atoms with Crippen molar-refractivity contribution in [2.45, 2.75) is 26.1 Å². The zero-order valence-corrected chi connectivity index (χ0v) is 11.4. The minimum Gasteiger partial charge on any atom is -0.461 e. The number of benzene rings is 1. The van der Waals surface area contributed by atoms with Gasteiger partial charge < -0.3 is 14.8 Å². The number of nitrogens with one attached hydrogen (secondary N) is 1. The molecule has 1 amide bonds. The minimum atomic E-state index is -0.661. The first kappa shape index (κ1) is 15.2. The Labute approximate surface area is 112 Å². The first-order valence-corrected chi connectivity index (χ1v) is 6.07. The van der Waals surface area contributed by atoms with Crippen molar-refractivity contribution >= 4 is 11.9 Å². The third-order valence-corrected chi connectivity index (χ3v) is 2.51. The van der Waals surface area contributed by atoms with E-state index in [2.05, 4.69) is 5.32 Å². The van der Waals surface area contributed by atoms with Gasteiger partial charge in [-0.2, -0.15) is 0 Å². The van der Waals surface area contributed by atoms with Crippen LogP contribution in [0.1, 0.15) is 25.5 Å². The van der Waals surface area contributed by atoms with Gasteiger partial charge in [0.1, 0.15) is 6.10 Å². The van der Waals surface area contributed by atoms with Crippen LogP contribution in [-0.4, -0.2) is 31.6 Å². The van der Waals surface area contributed by atoms with Crippen molar-refractivity contribution in [3.63, 3.8) is 0 Å². The second kappa shape index (κ2) is 7.53. The molecule has 0 aromatic heterocycles. The maximum atomic E-state index is 12.0. The summed E-state index contributed by atoms with van der Waals surface area (Å²) in [7, 11) is 1.48. The Morgan fingerprint density at radius 1 is 1.26 bits per heavy atom. The lowest BCUT2D eigenvalue weighted by Crippen LogP contribution is -2.36. The number of methoxy groups -OCH3 is 1. The van der Waals surface area contributed by atoms with Gasteiger partial charge in [-0.3, -0.25) is 9.59 Å². The van der Waals surface area contributed by atoms with Crippen LogP contribution in [0.4, 0.5) is 0 Å².